The maximum Gasteiger partial charge on any atom is 0.242 e. The van der Waals surface area contributed by atoms with Gasteiger partial charge in [-0.25, -0.2) is 0 Å². The molecule has 1 unspecified atom stereocenters. The summed E-state index contributed by atoms with van der Waals surface area (Å²) >= 11 is 5.97. The van der Waals surface area contributed by atoms with Crippen LogP contribution in [0.2, 0.25) is 5.02 Å². The van der Waals surface area contributed by atoms with E-state index in [1.54, 1.807) is 24.8 Å². The van der Waals surface area contributed by atoms with E-state index in [9.17, 15) is 9.59 Å². The minimum atomic E-state index is -0.515. The second-order valence-electron chi connectivity index (χ2n) is 5.34. The van der Waals surface area contributed by atoms with Crippen LogP contribution in [-0.2, 0) is 16.1 Å². The normalized spacial score (nSPS) is 12.1. The summed E-state index contributed by atoms with van der Waals surface area (Å²) in [6.45, 7) is 7.71. The van der Waals surface area contributed by atoms with Crippen molar-refractivity contribution in [2.75, 3.05) is 0 Å². The Kier molecular flexibility index (Phi) is 6.69. The monoisotopic (exact) mass is 310 g/mol. The summed E-state index contributed by atoms with van der Waals surface area (Å²) < 4.78 is 0. The van der Waals surface area contributed by atoms with E-state index in [1.807, 2.05) is 32.0 Å². The average molecular weight is 311 g/mol. The van der Waals surface area contributed by atoms with Gasteiger partial charge in [-0.05, 0) is 38.5 Å². The van der Waals surface area contributed by atoms with E-state index in [2.05, 4.69) is 5.32 Å². The Bertz CT molecular complexity index is 503. The SMILES string of the molecule is CCC(=O)N(Cc1cccc(Cl)c1)C(C)C(=O)NC(C)C. The minimum absolute atomic E-state index is 0.0460. The van der Waals surface area contributed by atoms with Gasteiger partial charge in [-0.2, -0.15) is 0 Å². The second-order valence-corrected chi connectivity index (χ2v) is 5.78. The standard InChI is InChI=1S/C16H23ClN2O2/c1-5-15(20)19(12(4)16(21)18-11(2)3)10-13-7-6-8-14(17)9-13/h6-9,11-12H,5,10H2,1-4H3,(H,18,21). The Balaban J connectivity index is 2.90. The number of nitrogens with zero attached hydrogens (tertiary/aromatic N) is 1. The largest absolute Gasteiger partial charge is 0.352 e. The van der Waals surface area contributed by atoms with Crippen molar-refractivity contribution in [3.8, 4) is 0 Å². The number of hydrogen-bond acceptors (Lipinski definition) is 2. The van der Waals surface area contributed by atoms with Gasteiger partial charge in [-0.1, -0.05) is 30.7 Å². The van der Waals surface area contributed by atoms with Gasteiger partial charge in [-0.15, -0.1) is 0 Å². The number of nitrogens with one attached hydrogen (secondary N) is 1. The van der Waals surface area contributed by atoms with Crippen molar-refractivity contribution in [1.29, 1.82) is 0 Å². The predicted octanol–water partition coefficient (Wildman–Crippen LogP) is 2.99. The van der Waals surface area contributed by atoms with Crippen molar-refractivity contribution in [2.45, 2.75) is 52.7 Å². The van der Waals surface area contributed by atoms with Crippen LogP contribution < -0.4 is 5.32 Å². The maximum absolute atomic E-state index is 12.1. The van der Waals surface area contributed by atoms with Gasteiger partial charge >= 0.3 is 0 Å². The van der Waals surface area contributed by atoms with Gasteiger partial charge in [0.1, 0.15) is 6.04 Å². The number of rotatable bonds is 6. The fourth-order valence-corrected chi connectivity index (χ4v) is 2.24. The first-order chi connectivity index (χ1) is 9.85. The van der Waals surface area contributed by atoms with E-state index in [0.717, 1.165) is 5.56 Å². The Morgan fingerprint density at radius 1 is 1.29 bits per heavy atom. The molecule has 1 rings (SSSR count). The molecule has 5 heteroatoms. The first kappa shape index (κ1) is 17.5. The van der Waals surface area contributed by atoms with Crippen molar-refractivity contribution >= 4 is 23.4 Å². The maximum atomic E-state index is 12.1. The van der Waals surface area contributed by atoms with Crippen LogP contribution in [0.1, 0.15) is 39.7 Å². The molecule has 0 bridgehead atoms. The summed E-state index contributed by atoms with van der Waals surface area (Å²) in [4.78, 5) is 25.9. The second kappa shape index (κ2) is 8.03. The first-order valence-corrected chi connectivity index (χ1v) is 7.57. The Morgan fingerprint density at radius 2 is 1.95 bits per heavy atom. The molecule has 0 aromatic heterocycles. The molecule has 0 aliphatic heterocycles. The Morgan fingerprint density at radius 3 is 2.48 bits per heavy atom. The molecule has 1 atom stereocenters. The van der Waals surface area contributed by atoms with Gasteiger partial charge in [0, 0.05) is 24.0 Å². The number of carbonyl (C=O) groups excluding carboxylic acids is 2. The molecule has 0 fully saturated rings. The first-order valence-electron chi connectivity index (χ1n) is 7.19. The van der Waals surface area contributed by atoms with E-state index < -0.39 is 6.04 Å². The molecule has 2 amide bonds. The molecule has 116 valence electrons. The third-order valence-corrected chi connectivity index (χ3v) is 3.38. The lowest BCUT2D eigenvalue weighted by Gasteiger charge is -2.29. The molecule has 0 aliphatic carbocycles. The molecule has 0 aliphatic rings. The van der Waals surface area contributed by atoms with Gasteiger partial charge in [-0.3, -0.25) is 9.59 Å². The number of benzene rings is 1. The van der Waals surface area contributed by atoms with Crippen LogP contribution in [0, 0.1) is 0 Å². The molecule has 0 saturated carbocycles. The summed E-state index contributed by atoms with van der Waals surface area (Å²) in [5.41, 5.74) is 0.911. The highest BCUT2D eigenvalue weighted by Gasteiger charge is 2.25. The van der Waals surface area contributed by atoms with Crippen LogP contribution in [0.5, 0.6) is 0 Å². The van der Waals surface area contributed by atoms with Crippen molar-refractivity contribution in [1.82, 2.24) is 10.2 Å². The summed E-state index contributed by atoms with van der Waals surface area (Å²) in [5.74, 6) is -0.199. The smallest absolute Gasteiger partial charge is 0.242 e. The lowest BCUT2D eigenvalue weighted by atomic mass is 10.1. The molecule has 0 radical (unpaired) electrons. The molecule has 0 heterocycles. The van der Waals surface area contributed by atoms with Gasteiger partial charge in [0.2, 0.25) is 11.8 Å². The van der Waals surface area contributed by atoms with Crippen molar-refractivity contribution in [3.05, 3.63) is 34.9 Å². The number of carbonyl (C=O) groups is 2. The lowest BCUT2D eigenvalue weighted by molar-refractivity contribution is -0.140. The highest BCUT2D eigenvalue weighted by molar-refractivity contribution is 6.30. The summed E-state index contributed by atoms with van der Waals surface area (Å²) in [6.07, 6.45) is 0.361. The van der Waals surface area contributed by atoms with Crippen LogP contribution in [0.3, 0.4) is 0 Å². The fraction of sp³-hybridized carbons (Fsp3) is 0.500. The van der Waals surface area contributed by atoms with Gasteiger partial charge in [0.15, 0.2) is 0 Å². The molecular formula is C16H23ClN2O2. The Hall–Kier alpha value is -1.55. The summed E-state index contributed by atoms with van der Waals surface area (Å²) in [6, 6.07) is 6.86. The van der Waals surface area contributed by atoms with Crippen LogP contribution in [0.4, 0.5) is 0 Å². The molecule has 0 spiro atoms. The fourth-order valence-electron chi connectivity index (χ4n) is 2.02. The molecule has 21 heavy (non-hydrogen) atoms. The summed E-state index contributed by atoms with van der Waals surface area (Å²) in [5, 5.41) is 3.46. The molecule has 1 aromatic rings. The van der Waals surface area contributed by atoms with Crippen molar-refractivity contribution < 1.29 is 9.59 Å². The quantitative estimate of drug-likeness (QED) is 0.878. The zero-order valence-electron chi connectivity index (χ0n) is 13.0. The Labute approximate surface area is 131 Å². The molecule has 1 N–H and O–H groups in total. The molecular weight excluding hydrogens is 288 g/mol. The van der Waals surface area contributed by atoms with Crippen LogP contribution >= 0.6 is 11.6 Å². The van der Waals surface area contributed by atoms with E-state index in [-0.39, 0.29) is 17.9 Å². The molecule has 4 nitrogen and oxygen atoms in total. The van der Waals surface area contributed by atoms with Gasteiger partial charge < -0.3 is 10.2 Å². The third-order valence-electron chi connectivity index (χ3n) is 3.14. The summed E-state index contributed by atoms with van der Waals surface area (Å²) in [7, 11) is 0. The number of hydrogen-bond donors (Lipinski definition) is 1. The van der Waals surface area contributed by atoms with E-state index in [1.165, 1.54) is 0 Å². The van der Waals surface area contributed by atoms with E-state index >= 15 is 0 Å². The van der Waals surface area contributed by atoms with E-state index in [0.29, 0.717) is 18.0 Å². The minimum Gasteiger partial charge on any atom is -0.352 e. The average Bonchev–Trinajstić information content (AvgIpc) is 2.42. The highest BCUT2D eigenvalue weighted by Crippen LogP contribution is 2.15. The van der Waals surface area contributed by atoms with Crippen molar-refractivity contribution in [3.63, 3.8) is 0 Å². The predicted molar refractivity (Wildman–Crippen MR) is 85.0 cm³/mol. The zero-order chi connectivity index (χ0) is 16.0. The van der Waals surface area contributed by atoms with Crippen LogP contribution in [-0.4, -0.2) is 28.8 Å². The van der Waals surface area contributed by atoms with E-state index in [4.69, 9.17) is 11.6 Å². The van der Waals surface area contributed by atoms with Crippen molar-refractivity contribution in [2.24, 2.45) is 0 Å². The molecule has 1 aromatic carbocycles. The third kappa shape index (κ3) is 5.38. The highest BCUT2D eigenvalue weighted by atomic mass is 35.5. The lowest BCUT2D eigenvalue weighted by Crippen LogP contribution is -2.48. The molecule has 0 saturated heterocycles. The topological polar surface area (TPSA) is 49.4 Å². The van der Waals surface area contributed by atoms with Gasteiger partial charge in [0.05, 0.1) is 0 Å². The van der Waals surface area contributed by atoms with Crippen LogP contribution in [0.15, 0.2) is 24.3 Å². The number of halogens is 1. The number of amides is 2. The van der Waals surface area contributed by atoms with Gasteiger partial charge in [0.25, 0.3) is 0 Å². The van der Waals surface area contributed by atoms with Crippen LogP contribution in [0.25, 0.3) is 0 Å². The zero-order valence-corrected chi connectivity index (χ0v) is 13.8.